The van der Waals surface area contributed by atoms with Gasteiger partial charge in [0.25, 0.3) is 12.3 Å². The maximum Gasteiger partial charge on any atom is 0.291 e. The minimum atomic E-state index is -2.73. The first-order valence-corrected chi connectivity index (χ1v) is 7.46. The molecular formula is C13H8ClF2N5OS. The molecule has 1 amide bonds. The molecule has 0 spiro atoms. The fraction of sp³-hybridized carbons (Fsp3) is 0.0769. The van der Waals surface area contributed by atoms with E-state index in [-0.39, 0.29) is 10.7 Å². The van der Waals surface area contributed by atoms with E-state index in [0.717, 1.165) is 0 Å². The van der Waals surface area contributed by atoms with Crippen molar-refractivity contribution in [2.75, 3.05) is 5.32 Å². The minimum Gasteiger partial charge on any atom is -0.296 e. The SMILES string of the molecule is O=C(Nc1nnc(C(F)F)s1)c1cn[nH]c1-c1ccc(Cl)cc1. The summed E-state index contributed by atoms with van der Waals surface area (Å²) < 4.78 is 25.0. The van der Waals surface area contributed by atoms with Crippen LogP contribution in [0, 0.1) is 0 Å². The average molecular weight is 356 g/mol. The van der Waals surface area contributed by atoms with E-state index in [1.165, 1.54) is 6.20 Å². The van der Waals surface area contributed by atoms with Crippen LogP contribution in [0.2, 0.25) is 5.02 Å². The summed E-state index contributed by atoms with van der Waals surface area (Å²) in [6.45, 7) is 0. The molecule has 0 aliphatic carbocycles. The van der Waals surface area contributed by atoms with E-state index in [2.05, 4.69) is 25.7 Å². The molecule has 2 N–H and O–H groups in total. The van der Waals surface area contributed by atoms with E-state index in [0.29, 0.717) is 27.6 Å². The van der Waals surface area contributed by atoms with Crippen molar-refractivity contribution in [3.05, 3.63) is 46.1 Å². The lowest BCUT2D eigenvalue weighted by Gasteiger charge is -2.03. The number of carbonyl (C=O) groups excluding carboxylic acids is 1. The second-order valence-electron chi connectivity index (χ2n) is 4.37. The molecular weight excluding hydrogens is 348 g/mol. The van der Waals surface area contributed by atoms with E-state index in [4.69, 9.17) is 11.6 Å². The number of nitrogens with zero attached hydrogens (tertiary/aromatic N) is 3. The molecule has 0 aliphatic heterocycles. The van der Waals surface area contributed by atoms with Gasteiger partial charge >= 0.3 is 0 Å². The van der Waals surface area contributed by atoms with Gasteiger partial charge in [-0.25, -0.2) is 8.78 Å². The second-order valence-corrected chi connectivity index (χ2v) is 5.81. The highest BCUT2D eigenvalue weighted by atomic mass is 35.5. The molecule has 10 heteroatoms. The number of rotatable bonds is 4. The van der Waals surface area contributed by atoms with Crippen molar-refractivity contribution in [2.24, 2.45) is 0 Å². The lowest BCUT2D eigenvalue weighted by molar-refractivity contribution is 0.102. The number of alkyl halides is 2. The van der Waals surface area contributed by atoms with E-state index >= 15 is 0 Å². The van der Waals surface area contributed by atoms with Crippen LogP contribution in [0.5, 0.6) is 0 Å². The molecule has 3 rings (SSSR count). The Labute approximate surface area is 137 Å². The van der Waals surface area contributed by atoms with Gasteiger partial charge in [-0.05, 0) is 12.1 Å². The van der Waals surface area contributed by atoms with Gasteiger partial charge in [-0.15, -0.1) is 10.2 Å². The van der Waals surface area contributed by atoms with Crippen molar-refractivity contribution >= 4 is 34.0 Å². The Morgan fingerprint density at radius 1 is 1.26 bits per heavy atom. The monoisotopic (exact) mass is 355 g/mol. The number of hydrogen-bond acceptors (Lipinski definition) is 5. The second kappa shape index (κ2) is 6.39. The zero-order chi connectivity index (χ0) is 16.4. The standard InChI is InChI=1S/C13H8ClF2N5OS/c14-7-3-1-6(2-4-7)9-8(5-17-19-9)11(22)18-13-21-20-12(23-13)10(15)16/h1-5,10H,(H,17,19)(H,18,21,22). The maximum atomic E-state index is 12.5. The van der Waals surface area contributed by atoms with Gasteiger partial charge in [0.1, 0.15) is 0 Å². The predicted octanol–water partition coefficient (Wildman–Crippen LogP) is 3.77. The summed E-state index contributed by atoms with van der Waals surface area (Å²) in [5, 5.41) is 15.9. The van der Waals surface area contributed by atoms with Crippen molar-refractivity contribution in [3.63, 3.8) is 0 Å². The lowest BCUT2D eigenvalue weighted by Crippen LogP contribution is -2.12. The minimum absolute atomic E-state index is 0.00597. The van der Waals surface area contributed by atoms with Gasteiger partial charge < -0.3 is 0 Å². The molecule has 0 bridgehead atoms. The number of aromatic nitrogens is 4. The number of anilines is 1. The Morgan fingerprint density at radius 3 is 2.65 bits per heavy atom. The third kappa shape index (κ3) is 3.35. The molecule has 1 aromatic carbocycles. The fourth-order valence-corrected chi connectivity index (χ4v) is 2.55. The Hall–Kier alpha value is -2.39. The number of H-pyrrole nitrogens is 1. The lowest BCUT2D eigenvalue weighted by atomic mass is 10.1. The summed E-state index contributed by atoms with van der Waals surface area (Å²) >= 11 is 6.45. The molecule has 0 unspecified atom stereocenters. The van der Waals surface area contributed by atoms with Crippen molar-refractivity contribution in [1.29, 1.82) is 0 Å². The van der Waals surface area contributed by atoms with Gasteiger partial charge in [-0.2, -0.15) is 5.10 Å². The van der Waals surface area contributed by atoms with Gasteiger partial charge in [0.2, 0.25) is 5.13 Å². The number of amides is 1. The molecule has 3 aromatic rings. The van der Waals surface area contributed by atoms with Crippen molar-refractivity contribution in [1.82, 2.24) is 20.4 Å². The molecule has 0 fully saturated rings. The quantitative estimate of drug-likeness (QED) is 0.746. The largest absolute Gasteiger partial charge is 0.296 e. The molecule has 23 heavy (non-hydrogen) atoms. The average Bonchev–Trinajstić information content (AvgIpc) is 3.16. The van der Waals surface area contributed by atoms with Crippen LogP contribution in [0.3, 0.4) is 0 Å². The van der Waals surface area contributed by atoms with E-state index in [9.17, 15) is 13.6 Å². The summed E-state index contributed by atoms with van der Waals surface area (Å²) in [6, 6.07) is 6.82. The van der Waals surface area contributed by atoms with Gasteiger partial charge in [-0.3, -0.25) is 15.2 Å². The van der Waals surface area contributed by atoms with E-state index < -0.39 is 17.3 Å². The van der Waals surface area contributed by atoms with Crippen LogP contribution in [0.15, 0.2) is 30.5 Å². The number of nitrogens with one attached hydrogen (secondary N) is 2. The third-order valence-electron chi connectivity index (χ3n) is 2.86. The van der Waals surface area contributed by atoms with Crippen LogP contribution >= 0.6 is 22.9 Å². The first-order chi connectivity index (χ1) is 11.0. The normalized spacial score (nSPS) is 11.0. The smallest absolute Gasteiger partial charge is 0.291 e. The summed E-state index contributed by atoms with van der Waals surface area (Å²) in [6.07, 6.45) is -1.38. The Morgan fingerprint density at radius 2 is 2.00 bits per heavy atom. The molecule has 2 aromatic heterocycles. The van der Waals surface area contributed by atoms with Gasteiger partial charge in [-0.1, -0.05) is 35.1 Å². The molecule has 0 saturated carbocycles. The Kier molecular flexibility index (Phi) is 4.30. The summed E-state index contributed by atoms with van der Waals surface area (Å²) in [4.78, 5) is 12.3. The maximum absolute atomic E-state index is 12.5. The highest BCUT2D eigenvalue weighted by Crippen LogP contribution is 2.27. The third-order valence-corrected chi connectivity index (χ3v) is 3.96. The zero-order valence-electron chi connectivity index (χ0n) is 11.3. The molecule has 0 saturated heterocycles. The highest BCUT2D eigenvalue weighted by molar-refractivity contribution is 7.15. The van der Waals surface area contributed by atoms with Crippen LogP contribution in [0.4, 0.5) is 13.9 Å². The number of hydrogen-bond donors (Lipinski definition) is 2. The summed E-state index contributed by atoms with van der Waals surface area (Å²) in [5.41, 5.74) is 1.45. The summed E-state index contributed by atoms with van der Waals surface area (Å²) in [5.74, 6) is -0.527. The molecule has 0 aliphatic rings. The predicted molar refractivity (Wildman–Crippen MR) is 81.9 cm³/mol. The molecule has 0 atom stereocenters. The zero-order valence-corrected chi connectivity index (χ0v) is 12.8. The first-order valence-electron chi connectivity index (χ1n) is 6.27. The number of carbonyl (C=O) groups is 1. The van der Waals surface area contributed by atoms with E-state index in [1.807, 2.05) is 0 Å². The highest BCUT2D eigenvalue weighted by Gasteiger charge is 2.19. The van der Waals surface area contributed by atoms with Crippen LogP contribution in [0.25, 0.3) is 11.3 Å². The molecule has 6 nitrogen and oxygen atoms in total. The van der Waals surface area contributed by atoms with Crippen LogP contribution in [-0.4, -0.2) is 26.3 Å². The van der Waals surface area contributed by atoms with E-state index in [1.54, 1.807) is 24.3 Å². The van der Waals surface area contributed by atoms with Gasteiger partial charge in [0.05, 0.1) is 17.5 Å². The number of benzene rings is 1. The van der Waals surface area contributed by atoms with Crippen LogP contribution < -0.4 is 5.32 Å². The number of aromatic amines is 1. The Bertz CT molecular complexity index is 833. The Balaban J connectivity index is 1.83. The topological polar surface area (TPSA) is 83.6 Å². The van der Waals surface area contributed by atoms with Crippen LogP contribution in [0.1, 0.15) is 21.8 Å². The van der Waals surface area contributed by atoms with Crippen molar-refractivity contribution < 1.29 is 13.6 Å². The number of halogens is 3. The van der Waals surface area contributed by atoms with Crippen LogP contribution in [-0.2, 0) is 0 Å². The molecule has 118 valence electrons. The first kappa shape index (κ1) is 15.5. The molecule has 2 heterocycles. The van der Waals surface area contributed by atoms with Crippen molar-refractivity contribution in [3.8, 4) is 11.3 Å². The molecule has 0 radical (unpaired) electrons. The summed E-state index contributed by atoms with van der Waals surface area (Å²) in [7, 11) is 0. The van der Waals surface area contributed by atoms with Gasteiger partial charge in [0, 0.05) is 10.6 Å². The van der Waals surface area contributed by atoms with Gasteiger partial charge in [0.15, 0.2) is 5.01 Å². The van der Waals surface area contributed by atoms with Crippen molar-refractivity contribution in [2.45, 2.75) is 6.43 Å². The fourth-order valence-electron chi connectivity index (χ4n) is 1.83.